The van der Waals surface area contributed by atoms with E-state index in [1.165, 1.54) is 12.1 Å². The largest absolute Gasteiger partial charge is 0.382 e. The molecule has 136 valence electrons. The van der Waals surface area contributed by atoms with Crippen LogP contribution in [0, 0.1) is 12.7 Å². The molecule has 0 atom stereocenters. The van der Waals surface area contributed by atoms with Crippen LogP contribution in [0.15, 0.2) is 24.3 Å². The Morgan fingerprint density at radius 2 is 2.20 bits per heavy atom. The average molecular weight is 385 g/mol. The molecule has 1 aromatic heterocycles. The van der Waals surface area contributed by atoms with Crippen LogP contribution in [0.1, 0.15) is 24.6 Å². The number of nitrogens with one attached hydrogen (secondary N) is 2. The van der Waals surface area contributed by atoms with Crippen LogP contribution >= 0.6 is 23.8 Å². The van der Waals surface area contributed by atoms with Crippen LogP contribution in [0.25, 0.3) is 0 Å². The van der Waals surface area contributed by atoms with Gasteiger partial charge in [-0.05, 0) is 50.2 Å². The monoisotopic (exact) mass is 384 g/mol. The van der Waals surface area contributed by atoms with Gasteiger partial charge in [0.2, 0.25) is 0 Å². The van der Waals surface area contributed by atoms with Crippen LogP contribution in [0.2, 0.25) is 5.02 Å². The third-order valence-corrected chi connectivity index (χ3v) is 4.11. The Hall–Kier alpha value is -1.70. The molecule has 1 heterocycles. The smallest absolute Gasteiger partial charge is 0.171 e. The summed E-state index contributed by atoms with van der Waals surface area (Å²) in [5, 5.41) is 11.5. The van der Waals surface area contributed by atoms with E-state index in [2.05, 4.69) is 15.7 Å². The van der Waals surface area contributed by atoms with Crippen molar-refractivity contribution in [3.8, 4) is 0 Å². The zero-order valence-electron chi connectivity index (χ0n) is 14.3. The molecule has 0 radical (unpaired) electrons. The molecule has 0 bridgehead atoms. The molecule has 0 aliphatic rings. The Labute approximate surface area is 157 Å². The van der Waals surface area contributed by atoms with E-state index in [-0.39, 0.29) is 5.82 Å². The predicted molar refractivity (Wildman–Crippen MR) is 103 cm³/mol. The van der Waals surface area contributed by atoms with Crippen molar-refractivity contribution in [2.45, 2.75) is 26.8 Å². The minimum atomic E-state index is -0.353. The fourth-order valence-corrected chi connectivity index (χ4v) is 2.66. The third-order valence-electron chi connectivity index (χ3n) is 3.51. The van der Waals surface area contributed by atoms with Crippen molar-refractivity contribution in [2.75, 3.05) is 25.1 Å². The van der Waals surface area contributed by atoms with Gasteiger partial charge in [0.1, 0.15) is 5.82 Å². The second-order valence-electron chi connectivity index (χ2n) is 5.50. The van der Waals surface area contributed by atoms with Gasteiger partial charge in [-0.25, -0.2) is 4.39 Å². The maximum Gasteiger partial charge on any atom is 0.171 e. The first-order chi connectivity index (χ1) is 12.0. The molecule has 0 saturated heterocycles. The maximum absolute atomic E-state index is 13.1. The highest BCUT2D eigenvalue weighted by molar-refractivity contribution is 7.80. The van der Waals surface area contributed by atoms with E-state index in [9.17, 15) is 4.39 Å². The summed E-state index contributed by atoms with van der Waals surface area (Å²) < 4.78 is 20.2. The number of hydrogen-bond donors (Lipinski definition) is 2. The SMILES string of the molecule is CCOCCCNC(=S)Nc1cc(C)n(Cc2ccc(F)cc2Cl)n1. The number of nitrogens with zero attached hydrogens (tertiary/aromatic N) is 2. The average Bonchev–Trinajstić information content (AvgIpc) is 2.89. The summed E-state index contributed by atoms with van der Waals surface area (Å²) >= 11 is 11.3. The minimum Gasteiger partial charge on any atom is -0.382 e. The van der Waals surface area contributed by atoms with Crippen LogP contribution in [0.5, 0.6) is 0 Å². The summed E-state index contributed by atoms with van der Waals surface area (Å²) in [6.07, 6.45) is 0.881. The zero-order valence-corrected chi connectivity index (χ0v) is 15.9. The Morgan fingerprint density at radius 3 is 2.92 bits per heavy atom. The predicted octanol–water partition coefficient (Wildman–Crippen LogP) is 3.75. The van der Waals surface area contributed by atoms with Crippen molar-refractivity contribution >= 4 is 34.7 Å². The van der Waals surface area contributed by atoms with Gasteiger partial charge in [-0.2, -0.15) is 5.10 Å². The molecule has 2 aromatic rings. The van der Waals surface area contributed by atoms with Crippen molar-refractivity contribution in [3.05, 3.63) is 46.4 Å². The van der Waals surface area contributed by atoms with E-state index in [1.807, 2.05) is 19.9 Å². The van der Waals surface area contributed by atoms with Crippen molar-refractivity contribution in [1.29, 1.82) is 0 Å². The van der Waals surface area contributed by atoms with Crippen molar-refractivity contribution < 1.29 is 9.13 Å². The molecule has 0 amide bonds. The number of rotatable bonds is 8. The molecule has 2 rings (SSSR count). The Balaban J connectivity index is 1.90. The molecule has 0 fully saturated rings. The normalized spacial score (nSPS) is 10.7. The molecule has 8 heteroatoms. The quantitative estimate of drug-likeness (QED) is 0.536. The second kappa shape index (κ2) is 9.70. The van der Waals surface area contributed by atoms with Crippen LogP contribution in [0.3, 0.4) is 0 Å². The van der Waals surface area contributed by atoms with Crippen molar-refractivity contribution in [2.24, 2.45) is 0 Å². The van der Waals surface area contributed by atoms with Crippen LogP contribution in [-0.2, 0) is 11.3 Å². The summed E-state index contributed by atoms with van der Waals surface area (Å²) in [5.41, 5.74) is 1.75. The Kier molecular flexibility index (Phi) is 7.61. The van der Waals surface area contributed by atoms with Gasteiger partial charge in [-0.1, -0.05) is 17.7 Å². The molecule has 0 saturated carbocycles. The summed E-state index contributed by atoms with van der Waals surface area (Å²) in [7, 11) is 0. The lowest BCUT2D eigenvalue weighted by molar-refractivity contribution is 0.146. The summed E-state index contributed by atoms with van der Waals surface area (Å²) in [4.78, 5) is 0. The first-order valence-electron chi connectivity index (χ1n) is 8.10. The van der Waals surface area contributed by atoms with E-state index >= 15 is 0 Å². The molecular weight excluding hydrogens is 363 g/mol. The lowest BCUT2D eigenvalue weighted by atomic mass is 10.2. The van der Waals surface area contributed by atoms with Gasteiger partial charge in [0.05, 0.1) is 6.54 Å². The molecule has 0 spiro atoms. The number of ether oxygens (including phenoxy) is 1. The third kappa shape index (κ3) is 6.26. The van der Waals surface area contributed by atoms with Gasteiger partial charge in [-0.3, -0.25) is 4.68 Å². The van der Waals surface area contributed by atoms with E-state index in [1.54, 1.807) is 10.7 Å². The summed E-state index contributed by atoms with van der Waals surface area (Å²) in [6.45, 7) is 6.53. The lowest BCUT2D eigenvalue weighted by Gasteiger charge is -2.09. The topological polar surface area (TPSA) is 51.1 Å². The second-order valence-corrected chi connectivity index (χ2v) is 6.31. The summed E-state index contributed by atoms with van der Waals surface area (Å²) in [5.74, 6) is 0.298. The molecule has 1 aromatic carbocycles. The lowest BCUT2D eigenvalue weighted by Crippen LogP contribution is -2.30. The number of aromatic nitrogens is 2. The van der Waals surface area contributed by atoms with E-state index in [4.69, 9.17) is 28.6 Å². The summed E-state index contributed by atoms with van der Waals surface area (Å²) in [6, 6.07) is 6.25. The van der Waals surface area contributed by atoms with Gasteiger partial charge >= 0.3 is 0 Å². The Morgan fingerprint density at radius 1 is 1.40 bits per heavy atom. The number of hydrogen-bond acceptors (Lipinski definition) is 3. The highest BCUT2D eigenvalue weighted by Gasteiger charge is 2.09. The fourth-order valence-electron chi connectivity index (χ4n) is 2.22. The van der Waals surface area contributed by atoms with E-state index in [0.29, 0.717) is 29.1 Å². The zero-order chi connectivity index (χ0) is 18.2. The van der Waals surface area contributed by atoms with Crippen LogP contribution in [0.4, 0.5) is 10.2 Å². The molecule has 0 unspecified atom stereocenters. The number of benzene rings is 1. The highest BCUT2D eigenvalue weighted by Crippen LogP contribution is 2.19. The van der Waals surface area contributed by atoms with Gasteiger partial charge in [0, 0.05) is 36.5 Å². The molecule has 2 N–H and O–H groups in total. The molecule has 5 nitrogen and oxygen atoms in total. The van der Waals surface area contributed by atoms with Crippen LogP contribution < -0.4 is 10.6 Å². The van der Waals surface area contributed by atoms with Gasteiger partial charge in [0.15, 0.2) is 10.9 Å². The Bertz CT molecular complexity index is 723. The number of aryl methyl sites for hydroxylation is 1. The number of anilines is 1. The van der Waals surface area contributed by atoms with Gasteiger partial charge < -0.3 is 15.4 Å². The molecular formula is C17H22ClFN4OS. The first kappa shape index (κ1) is 19.6. The standard InChI is InChI=1S/C17H22ClFN4OS/c1-3-24-8-4-7-20-17(25)21-16-9-12(2)23(22-16)11-13-5-6-14(19)10-15(13)18/h5-6,9-10H,3-4,7-8,11H2,1-2H3,(H2,20,21,22,25). The fraction of sp³-hybridized carbons (Fsp3) is 0.412. The number of halogens is 2. The van der Waals surface area contributed by atoms with Gasteiger partial charge in [0.25, 0.3) is 0 Å². The van der Waals surface area contributed by atoms with E-state index in [0.717, 1.165) is 30.8 Å². The molecule has 25 heavy (non-hydrogen) atoms. The molecule has 0 aliphatic carbocycles. The first-order valence-corrected chi connectivity index (χ1v) is 8.89. The number of thiocarbonyl (C=S) groups is 1. The van der Waals surface area contributed by atoms with E-state index < -0.39 is 0 Å². The van der Waals surface area contributed by atoms with Crippen molar-refractivity contribution in [1.82, 2.24) is 15.1 Å². The highest BCUT2D eigenvalue weighted by atomic mass is 35.5. The maximum atomic E-state index is 13.1. The van der Waals surface area contributed by atoms with Crippen molar-refractivity contribution in [3.63, 3.8) is 0 Å². The van der Waals surface area contributed by atoms with Gasteiger partial charge in [-0.15, -0.1) is 0 Å². The minimum absolute atomic E-state index is 0.353. The molecule has 0 aliphatic heterocycles. The van der Waals surface area contributed by atoms with Crippen LogP contribution in [-0.4, -0.2) is 34.7 Å².